The zero-order chi connectivity index (χ0) is 24.9. The van der Waals surface area contributed by atoms with E-state index >= 15 is 0 Å². The van der Waals surface area contributed by atoms with Gasteiger partial charge < -0.3 is 10.2 Å². The first-order chi connectivity index (χ1) is 17.6. The average molecular weight is 499 g/mol. The monoisotopic (exact) mass is 498 g/mol. The molecule has 0 bridgehead atoms. The molecule has 0 saturated carbocycles. The molecule has 1 saturated heterocycles. The van der Waals surface area contributed by atoms with Crippen molar-refractivity contribution in [2.75, 3.05) is 24.2 Å². The van der Waals surface area contributed by atoms with Gasteiger partial charge in [-0.25, -0.2) is 4.98 Å². The van der Waals surface area contributed by atoms with E-state index in [1.807, 2.05) is 77.9 Å². The second-order valence-corrected chi connectivity index (χ2v) is 10.0. The first-order valence-electron chi connectivity index (χ1n) is 12.3. The van der Waals surface area contributed by atoms with Crippen molar-refractivity contribution in [3.8, 4) is 0 Å². The number of benzene rings is 3. The molecule has 1 aromatic heterocycles. The minimum absolute atomic E-state index is 0.0269. The summed E-state index contributed by atoms with van der Waals surface area (Å²) in [4.78, 5) is 34.7. The Morgan fingerprint density at radius 3 is 2.53 bits per heavy atom. The lowest BCUT2D eigenvalue weighted by Crippen LogP contribution is -2.45. The van der Waals surface area contributed by atoms with Crippen LogP contribution in [0.3, 0.4) is 0 Å². The summed E-state index contributed by atoms with van der Waals surface area (Å²) in [5, 5.41) is 3.09. The van der Waals surface area contributed by atoms with Crippen LogP contribution in [0.5, 0.6) is 0 Å². The van der Waals surface area contributed by atoms with Crippen LogP contribution in [0.1, 0.15) is 24.0 Å². The maximum atomic E-state index is 13.7. The van der Waals surface area contributed by atoms with Gasteiger partial charge in [0, 0.05) is 24.5 Å². The highest BCUT2D eigenvalue weighted by Gasteiger charge is 2.28. The number of anilines is 1. The third-order valence-corrected chi connectivity index (χ3v) is 7.48. The number of carbonyl (C=O) groups is 1. The number of para-hydroxylation sites is 2. The topological polar surface area (TPSA) is 67.2 Å². The maximum Gasteiger partial charge on any atom is 0.294 e. The Balaban J connectivity index is 1.36. The second-order valence-electron chi connectivity index (χ2n) is 9.15. The molecule has 2 heterocycles. The van der Waals surface area contributed by atoms with Gasteiger partial charge in [0.1, 0.15) is 0 Å². The lowest BCUT2D eigenvalue weighted by molar-refractivity contribution is -0.125. The van der Waals surface area contributed by atoms with Gasteiger partial charge in [0.25, 0.3) is 5.56 Å². The molecule has 0 spiro atoms. The van der Waals surface area contributed by atoms with Gasteiger partial charge in [-0.2, -0.15) is 0 Å². The molecule has 1 N–H and O–H groups in total. The average Bonchev–Trinajstić information content (AvgIpc) is 2.94. The number of amides is 1. The summed E-state index contributed by atoms with van der Waals surface area (Å²) in [6.07, 6.45) is 3.69. The SMILES string of the molecule is CSc1ccc(CNC(=O)C2CCCN(c3nc4ccccc4n(Cc4ccccc4)c3=O)C2)cc1. The Morgan fingerprint density at radius 2 is 1.75 bits per heavy atom. The minimum atomic E-state index is -0.181. The van der Waals surface area contributed by atoms with Crippen LogP contribution in [0.4, 0.5) is 5.82 Å². The van der Waals surface area contributed by atoms with E-state index in [0.717, 1.165) is 35.0 Å². The Kier molecular flexibility index (Phi) is 7.37. The molecular formula is C29H30N4O2S. The molecule has 1 amide bonds. The molecule has 3 aromatic carbocycles. The van der Waals surface area contributed by atoms with Crippen LogP contribution < -0.4 is 15.8 Å². The molecule has 1 aliphatic rings. The summed E-state index contributed by atoms with van der Waals surface area (Å²) in [5.41, 5.74) is 3.61. The fourth-order valence-corrected chi connectivity index (χ4v) is 5.18. The fourth-order valence-electron chi connectivity index (χ4n) is 4.77. The van der Waals surface area contributed by atoms with E-state index in [9.17, 15) is 9.59 Å². The maximum absolute atomic E-state index is 13.7. The third-order valence-electron chi connectivity index (χ3n) is 6.74. The highest BCUT2D eigenvalue weighted by atomic mass is 32.2. The predicted octanol–water partition coefficient (Wildman–Crippen LogP) is 4.70. The van der Waals surface area contributed by atoms with Crippen molar-refractivity contribution in [3.63, 3.8) is 0 Å². The van der Waals surface area contributed by atoms with Crippen molar-refractivity contribution in [2.24, 2.45) is 5.92 Å². The van der Waals surface area contributed by atoms with Crippen molar-refractivity contribution in [1.29, 1.82) is 0 Å². The molecule has 5 rings (SSSR count). The van der Waals surface area contributed by atoms with Gasteiger partial charge in [-0.05, 0) is 54.5 Å². The van der Waals surface area contributed by atoms with Crippen LogP contribution in [0.15, 0.2) is 88.6 Å². The first kappa shape index (κ1) is 24.1. The summed E-state index contributed by atoms with van der Waals surface area (Å²) < 4.78 is 1.80. The number of hydrogen-bond acceptors (Lipinski definition) is 5. The van der Waals surface area contributed by atoms with E-state index in [-0.39, 0.29) is 17.4 Å². The van der Waals surface area contributed by atoms with Gasteiger partial charge in [0.2, 0.25) is 5.91 Å². The van der Waals surface area contributed by atoms with Gasteiger partial charge in [-0.15, -0.1) is 11.8 Å². The molecule has 36 heavy (non-hydrogen) atoms. The highest BCUT2D eigenvalue weighted by molar-refractivity contribution is 7.98. The quantitative estimate of drug-likeness (QED) is 0.374. The minimum Gasteiger partial charge on any atom is -0.352 e. The lowest BCUT2D eigenvalue weighted by atomic mass is 9.97. The normalized spacial score (nSPS) is 15.7. The number of rotatable bonds is 7. The largest absolute Gasteiger partial charge is 0.352 e. The van der Waals surface area contributed by atoms with Crippen molar-refractivity contribution in [1.82, 2.24) is 14.9 Å². The number of piperidine rings is 1. The lowest BCUT2D eigenvalue weighted by Gasteiger charge is -2.32. The fraction of sp³-hybridized carbons (Fsp3) is 0.276. The zero-order valence-electron chi connectivity index (χ0n) is 20.4. The molecule has 1 fully saturated rings. The number of thioether (sulfide) groups is 1. The van der Waals surface area contributed by atoms with Crippen molar-refractivity contribution >= 4 is 34.5 Å². The van der Waals surface area contributed by atoms with E-state index in [4.69, 9.17) is 4.98 Å². The van der Waals surface area contributed by atoms with Crippen LogP contribution >= 0.6 is 11.8 Å². The number of hydrogen-bond donors (Lipinski definition) is 1. The predicted molar refractivity (Wildman–Crippen MR) is 147 cm³/mol. The summed E-state index contributed by atoms with van der Waals surface area (Å²) in [5.74, 6) is 0.272. The molecule has 184 valence electrons. The molecule has 4 aromatic rings. The smallest absolute Gasteiger partial charge is 0.294 e. The Hall–Kier alpha value is -3.58. The molecule has 7 heteroatoms. The van der Waals surface area contributed by atoms with Crippen LogP contribution in [-0.4, -0.2) is 34.8 Å². The second kappa shape index (κ2) is 11.0. The summed E-state index contributed by atoms with van der Waals surface area (Å²) in [6.45, 7) is 2.18. The molecule has 1 unspecified atom stereocenters. The van der Waals surface area contributed by atoms with Crippen molar-refractivity contribution in [2.45, 2.75) is 30.8 Å². The number of carbonyl (C=O) groups excluding carboxylic acids is 1. The van der Waals surface area contributed by atoms with Crippen LogP contribution in [0, 0.1) is 5.92 Å². The molecule has 1 aliphatic heterocycles. The Morgan fingerprint density at radius 1 is 1.00 bits per heavy atom. The van der Waals surface area contributed by atoms with Gasteiger partial charge in [-0.1, -0.05) is 54.6 Å². The Labute approximate surface area is 215 Å². The number of aromatic nitrogens is 2. The van der Waals surface area contributed by atoms with Crippen LogP contribution in [-0.2, 0) is 17.9 Å². The number of nitrogens with one attached hydrogen (secondary N) is 1. The van der Waals surface area contributed by atoms with E-state index in [2.05, 4.69) is 17.4 Å². The highest BCUT2D eigenvalue weighted by Crippen LogP contribution is 2.23. The van der Waals surface area contributed by atoms with Gasteiger partial charge in [-0.3, -0.25) is 14.2 Å². The first-order valence-corrected chi connectivity index (χ1v) is 13.5. The van der Waals surface area contributed by atoms with Crippen molar-refractivity contribution < 1.29 is 4.79 Å². The van der Waals surface area contributed by atoms with Crippen LogP contribution in [0.25, 0.3) is 11.0 Å². The molecule has 0 aliphatic carbocycles. The molecule has 6 nitrogen and oxygen atoms in total. The van der Waals surface area contributed by atoms with Crippen molar-refractivity contribution in [3.05, 3.63) is 100 Å². The van der Waals surface area contributed by atoms with Gasteiger partial charge in [0.05, 0.1) is 23.5 Å². The number of fused-ring (bicyclic) bond motifs is 1. The number of nitrogens with zero attached hydrogens (tertiary/aromatic N) is 3. The third kappa shape index (κ3) is 5.31. The van der Waals surface area contributed by atoms with Gasteiger partial charge in [0.15, 0.2) is 5.82 Å². The Bertz CT molecular complexity index is 1400. The molecule has 1 atom stereocenters. The van der Waals surface area contributed by atoms with Gasteiger partial charge >= 0.3 is 0 Å². The van der Waals surface area contributed by atoms with E-state index in [0.29, 0.717) is 32.0 Å². The van der Waals surface area contributed by atoms with Crippen LogP contribution in [0.2, 0.25) is 0 Å². The van der Waals surface area contributed by atoms with E-state index in [1.165, 1.54) is 4.90 Å². The standard InChI is InChI=1S/C29H30N4O2S/c1-36-24-15-13-21(14-16-24)18-30-28(34)23-10-7-17-32(20-23)27-29(35)33(19-22-8-3-2-4-9-22)26-12-6-5-11-25(26)31-27/h2-6,8-9,11-16,23H,7,10,17-20H2,1H3,(H,30,34). The summed E-state index contributed by atoms with van der Waals surface area (Å²) in [6, 6.07) is 26.0. The van der Waals surface area contributed by atoms with E-state index < -0.39 is 0 Å². The summed E-state index contributed by atoms with van der Waals surface area (Å²) >= 11 is 1.70. The zero-order valence-corrected chi connectivity index (χ0v) is 21.2. The van der Waals surface area contributed by atoms with E-state index in [1.54, 1.807) is 16.3 Å². The summed E-state index contributed by atoms with van der Waals surface area (Å²) in [7, 11) is 0. The molecule has 0 radical (unpaired) electrons. The molecular weight excluding hydrogens is 468 g/mol.